The zero-order valence-corrected chi connectivity index (χ0v) is 20.6. The maximum atomic E-state index is 13.7. The van der Waals surface area contributed by atoms with Crippen molar-refractivity contribution in [3.8, 4) is 0 Å². The van der Waals surface area contributed by atoms with Gasteiger partial charge in [0.1, 0.15) is 11.2 Å². The lowest BCUT2D eigenvalue weighted by Gasteiger charge is -2.43. The quantitative estimate of drug-likeness (QED) is 0.423. The van der Waals surface area contributed by atoms with E-state index in [1.54, 1.807) is 13.8 Å². The molecule has 1 aromatic carbocycles. The standard InChI is InChI=1S/C25H34N4O5/c1-6-18-10-8-11-19(14-18)29-22(30)21-15-20(23(31)33-7-2)27-28(21)16-25(29,5)24(32)26-12-9-13-34-17(3)4/h8,10-11,14-15,17H,6-7,9,12-13,16H2,1-5H3,(H,26,32). The van der Waals surface area contributed by atoms with Crippen molar-refractivity contribution in [2.45, 2.75) is 65.6 Å². The lowest BCUT2D eigenvalue weighted by atomic mass is 9.93. The number of nitrogens with one attached hydrogen (secondary N) is 1. The molecule has 0 radical (unpaired) electrons. The first-order valence-corrected chi connectivity index (χ1v) is 11.8. The van der Waals surface area contributed by atoms with Gasteiger partial charge in [0.15, 0.2) is 5.69 Å². The summed E-state index contributed by atoms with van der Waals surface area (Å²) in [5.74, 6) is -1.30. The van der Waals surface area contributed by atoms with Crippen molar-refractivity contribution < 1.29 is 23.9 Å². The fraction of sp³-hybridized carbons (Fsp3) is 0.520. The molecule has 2 aromatic rings. The summed E-state index contributed by atoms with van der Waals surface area (Å²) >= 11 is 0. The lowest BCUT2D eigenvalue weighted by molar-refractivity contribution is -0.126. The molecule has 0 bridgehead atoms. The van der Waals surface area contributed by atoms with Crippen LogP contribution in [0.1, 0.15) is 67.6 Å². The largest absolute Gasteiger partial charge is 0.461 e. The Hall–Kier alpha value is -3.20. The summed E-state index contributed by atoms with van der Waals surface area (Å²) in [5, 5.41) is 7.23. The molecule has 184 valence electrons. The number of carbonyl (C=O) groups excluding carboxylic acids is 3. The first kappa shape index (κ1) is 25.4. The minimum Gasteiger partial charge on any atom is -0.461 e. The Labute approximate surface area is 200 Å². The molecule has 9 heteroatoms. The summed E-state index contributed by atoms with van der Waals surface area (Å²) in [5.41, 5.74) is 0.691. The number of hydrogen-bond acceptors (Lipinski definition) is 6. The second kappa shape index (κ2) is 10.8. The van der Waals surface area contributed by atoms with E-state index < -0.39 is 17.4 Å². The molecule has 1 aliphatic rings. The van der Waals surface area contributed by atoms with Crippen molar-refractivity contribution in [3.63, 3.8) is 0 Å². The number of anilines is 1. The van der Waals surface area contributed by atoms with Crippen LogP contribution >= 0.6 is 0 Å². The Balaban J connectivity index is 1.95. The van der Waals surface area contributed by atoms with E-state index in [1.807, 2.05) is 45.0 Å². The fourth-order valence-corrected chi connectivity index (χ4v) is 3.99. The van der Waals surface area contributed by atoms with Crippen LogP contribution in [-0.2, 0) is 27.2 Å². The molecule has 3 rings (SSSR count). The van der Waals surface area contributed by atoms with Crippen molar-refractivity contribution in [3.05, 3.63) is 47.3 Å². The van der Waals surface area contributed by atoms with Gasteiger partial charge in [0.2, 0.25) is 5.91 Å². The van der Waals surface area contributed by atoms with Crippen molar-refractivity contribution in [2.24, 2.45) is 0 Å². The van der Waals surface area contributed by atoms with Crippen LogP contribution in [0.3, 0.4) is 0 Å². The summed E-state index contributed by atoms with van der Waals surface area (Å²) < 4.78 is 12.0. The smallest absolute Gasteiger partial charge is 0.358 e. The molecular formula is C25H34N4O5. The van der Waals surface area contributed by atoms with Gasteiger partial charge >= 0.3 is 5.97 Å². The van der Waals surface area contributed by atoms with Gasteiger partial charge in [0, 0.05) is 24.9 Å². The molecular weight excluding hydrogens is 436 g/mol. The third kappa shape index (κ3) is 5.30. The van der Waals surface area contributed by atoms with E-state index in [1.165, 1.54) is 15.6 Å². The van der Waals surface area contributed by atoms with E-state index in [9.17, 15) is 14.4 Å². The third-order valence-electron chi connectivity index (χ3n) is 5.76. The summed E-state index contributed by atoms with van der Waals surface area (Å²) in [6.45, 7) is 10.6. The van der Waals surface area contributed by atoms with Crippen LogP contribution in [0.4, 0.5) is 5.69 Å². The average molecular weight is 471 g/mol. The number of hydrogen-bond donors (Lipinski definition) is 1. The molecule has 1 N–H and O–H groups in total. The van der Waals surface area contributed by atoms with Crippen LogP contribution in [0.25, 0.3) is 0 Å². The number of esters is 1. The normalized spacial score (nSPS) is 17.6. The highest BCUT2D eigenvalue weighted by Crippen LogP contribution is 2.33. The Morgan fingerprint density at radius 1 is 1.24 bits per heavy atom. The number of carbonyl (C=O) groups is 3. The molecule has 1 aliphatic heterocycles. The van der Waals surface area contributed by atoms with Crippen molar-refractivity contribution >= 4 is 23.5 Å². The molecule has 0 saturated carbocycles. The van der Waals surface area contributed by atoms with E-state index in [2.05, 4.69) is 10.4 Å². The summed E-state index contributed by atoms with van der Waals surface area (Å²) in [6, 6.07) is 9.01. The molecule has 1 unspecified atom stereocenters. The van der Waals surface area contributed by atoms with Gasteiger partial charge in [-0.2, -0.15) is 5.10 Å². The Kier molecular flexibility index (Phi) is 8.09. The monoisotopic (exact) mass is 470 g/mol. The van der Waals surface area contributed by atoms with Crippen molar-refractivity contribution in [1.82, 2.24) is 15.1 Å². The lowest BCUT2D eigenvalue weighted by Crippen LogP contribution is -2.64. The van der Waals surface area contributed by atoms with Gasteiger partial charge in [-0.15, -0.1) is 0 Å². The number of aryl methyl sites for hydroxylation is 1. The maximum absolute atomic E-state index is 13.7. The topological polar surface area (TPSA) is 103 Å². The van der Waals surface area contributed by atoms with Gasteiger partial charge in [-0.1, -0.05) is 19.1 Å². The van der Waals surface area contributed by atoms with Gasteiger partial charge in [-0.25, -0.2) is 4.79 Å². The van der Waals surface area contributed by atoms with E-state index in [4.69, 9.17) is 9.47 Å². The predicted octanol–water partition coefficient (Wildman–Crippen LogP) is 2.97. The summed E-state index contributed by atoms with van der Waals surface area (Å²) in [4.78, 5) is 40.9. The van der Waals surface area contributed by atoms with Gasteiger partial charge < -0.3 is 14.8 Å². The highest BCUT2D eigenvalue weighted by molar-refractivity contribution is 6.12. The molecule has 0 saturated heterocycles. The van der Waals surface area contributed by atoms with Gasteiger partial charge in [0.25, 0.3) is 5.91 Å². The third-order valence-corrected chi connectivity index (χ3v) is 5.76. The zero-order chi connectivity index (χ0) is 24.9. The van der Waals surface area contributed by atoms with Gasteiger partial charge in [-0.05, 0) is 58.2 Å². The van der Waals surface area contributed by atoms with Crippen LogP contribution in [0.2, 0.25) is 0 Å². The van der Waals surface area contributed by atoms with E-state index in [0.717, 1.165) is 12.0 Å². The van der Waals surface area contributed by atoms with Crippen LogP contribution in [0, 0.1) is 0 Å². The van der Waals surface area contributed by atoms with Crippen LogP contribution in [0.5, 0.6) is 0 Å². The van der Waals surface area contributed by atoms with Crippen LogP contribution in [0.15, 0.2) is 30.3 Å². The number of aromatic nitrogens is 2. The number of nitrogens with zero attached hydrogens (tertiary/aromatic N) is 3. The summed E-state index contributed by atoms with van der Waals surface area (Å²) in [6.07, 6.45) is 1.57. The Morgan fingerprint density at radius 2 is 2.00 bits per heavy atom. The van der Waals surface area contributed by atoms with Crippen molar-refractivity contribution in [2.75, 3.05) is 24.7 Å². The molecule has 1 atom stereocenters. The number of ether oxygens (including phenoxy) is 2. The van der Waals surface area contributed by atoms with E-state index in [-0.39, 0.29) is 36.6 Å². The first-order valence-electron chi connectivity index (χ1n) is 11.8. The van der Waals surface area contributed by atoms with Crippen LogP contribution < -0.4 is 10.2 Å². The molecule has 2 amide bonds. The number of amides is 2. The average Bonchev–Trinajstić information content (AvgIpc) is 3.23. The Morgan fingerprint density at radius 3 is 2.68 bits per heavy atom. The molecule has 0 spiro atoms. The van der Waals surface area contributed by atoms with Gasteiger partial charge in [0.05, 0.1) is 19.3 Å². The van der Waals surface area contributed by atoms with Crippen molar-refractivity contribution in [1.29, 1.82) is 0 Å². The molecule has 0 aliphatic carbocycles. The SMILES string of the molecule is CCOC(=O)c1cc2n(n1)CC(C)(C(=O)NCCCOC(C)C)N(c1cccc(CC)c1)C2=O. The first-order chi connectivity index (χ1) is 16.2. The number of fused-ring (bicyclic) bond motifs is 1. The highest BCUT2D eigenvalue weighted by atomic mass is 16.5. The zero-order valence-electron chi connectivity index (χ0n) is 20.6. The maximum Gasteiger partial charge on any atom is 0.358 e. The highest BCUT2D eigenvalue weighted by Gasteiger charge is 2.49. The second-order valence-corrected chi connectivity index (χ2v) is 8.76. The molecule has 2 heterocycles. The number of rotatable bonds is 10. The number of benzene rings is 1. The molecule has 0 fully saturated rings. The van der Waals surface area contributed by atoms with Gasteiger partial charge in [-0.3, -0.25) is 19.2 Å². The van der Waals surface area contributed by atoms with Crippen LogP contribution in [-0.4, -0.2) is 59.0 Å². The Bertz CT molecular complexity index is 1050. The minimum atomic E-state index is -1.26. The minimum absolute atomic E-state index is 0.0444. The molecule has 34 heavy (non-hydrogen) atoms. The predicted molar refractivity (Wildman–Crippen MR) is 128 cm³/mol. The van der Waals surface area contributed by atoms with E-state index >= 15 is 0 Å². The second-order valence-electron chi connectivity index (χ2n) is 8.76. The van der Waals surface area contributed by atoms with E-state index in [0.29, 0.717) is 25.3 Å². The molecule has 1 aromatic heterocycles. The fourth-order valence-electron chi connectivity index (χ4n) is 3.99. The summed E-state index contributed by atoms with van der Waals surface area (Å²) in [7, 11) is 0. The molecule has 9 nitrogen and oxygen atoms in total.